The smallest absolute Gasteiger partial charge is 0.419 e. The number of alkyl halides is 3. The molecule has 6 heteroatoms. The molecule has 0 spiro atoms. The van der Waals surface area contributed by atoms with Crippen LogP contribution in [0.1, 0.15) is 21.5 Å². The van der Waals surface area contributed by atoms with Gasteiger partial charge in [-0.3, -0.25) is 0 Å². The highest BCUT2D eigenvalue weighted by atomic mass is 19.4. The maximum absolute atomic E-state index is 12.9. The Morgan fingerprint density at radius 1 is 1.10 bits per heavy atom. The van der Waals surface area contributed by atoms with Crippen molar-refractivity contribution in [3.8, 4) is 5.75 Å². The second-order valence-corrected chi connectivity index (χ2v) is 4.29. The van der Waals surface area contributed by atoms with Crippen molar-refractivity contribution in [1.82, 2.24) is 0 Å². The summed E-state index contributed by atoms with van der Waals surface area (Å²) in [5.74, 6) is -1.81. The molecule has 0 aliphatic heterocycles. The molecule has 0 unspecified atom stereocenters. The van der Waals surface area contributed by atoms with Gasteiger partial charge in [0.2, 0.25) is 0 Å². The normalized spacial score (nSPS) is 11.2. The quantitative estimate of drug-likeness (QED) is 0.928. The third-order valence-electron chi connectivity index (χ3n) is 2.77. The molecule has 0 atom stereocenters. The minimum atomic E-state index is -4.68. The van der Waals surface area contributed by atoms with Gasteiger partial charge in [-0.15, -0.1) is 0 Å². The average molecular weight is 296 g/mol. The van der Waals surface area contributed by atoms with Crippen LogP contribution >= 0.6 is 0 Å². The van der Waals surface area contributed by atoms with Crippen LogP contribution < -0.4 is 4.74 Å². The predicted molar refractivity (Wildman–Crippen MR) is 69.2 cm³/mol. The lowest BCUT2D eigenvalue weighted by Gasteiger charge is -2.14. The molecule has 0 heterocycles. The van der Waals surface area contributed by atoms with Crippen LogP contribution in [0.5, 0.6) is 5.75 Å². The van der Waals surface area contributed by atoms with E-state index < -0.39 is 29.0 Å². The van der Waals surface area contributed by atoms with E-state index in [-0.39, 0.29) is 6.61 Å². The largest absolute Gasteiger partial charge is 0.488 e. The zero-order chi connectivity index (χ0) is 15.5. The molecule has 1 N–H and O–H groups in total. The van der Waals surface area contributed by atoms with Crippen molar-refractivity contribution < 1.29 is 27.8 Å². The number of rotatable bonds is 4. The second-order valence-electron chi connectivity index (χ2n) is 4.29. The monoisotopic (exact) mass is 296 g/mol. The number of halogens is 3. The van der Waals surface area contributed by atoms with Crippen LogP contribution in [0, 0.1) is 0 Å². The summed E-state index contributed by atoms with van der Waals surface area (Å²) in [6.07, 6.45) is -4.68. The summed E-state index contributed by atoms with van der Waals surface area (Å²) in [5.41, 5.74) is -0.819. The molecule has 0 aromatic heterocycles. The number of hydrogen-bond donors (Lipinski definition) is 1. The molecule has 2 aromatic carbocycles. The molecule has 0 fully saturated rings. The maximum Gasteiger partial charge on any atom is 0.419 e. The van der Waals surface area contributed by atoms with Gasteiger partial charge >= 0.3 is 12.1 Å². The standard InChI is InChI=1S/C15H11F3O3/c16-15(17,18)12-8-11(14(19)20)6-7-13(12)21-9-10-4-2-1-3-5-10/h1-8H,9H2,(H,19,20). The molecule has 0 aliphatic carbocycles. The Bertz CT molecular complexity index is 636. The number of carboxylic acids is 1. The molecular weight excluding hydrogens is 285 g/mol. The number of carboxylic acid groups (broad SMARTS) is 1. The van der Waals surface area contributed by atoms with E-state index in [0.29, 0.717) is 11.6 Å². The fourth-order valence-electron chi connectivity index (χ4n) is 1.75. The van der Waals surface area contributed by atoms with E-state index in [1.54, 1.807) is 30.3 Å². The Hall–Kier alpha value is -2.50. The minimum Gasteiger partial charge on any atom is -0.488 e. The van der Waals surface area contributed by atoms with E-state index in [1.807, 2.05) is 0 Å². The van der Waals surface area contributed by atoms with Gasteiger partial charge in [-0.2, -0.15) is 13.2 Å². The summed E-state index contributed by atoms with van der Waals surface area (Å²) in [6, 6.07) is 11.4. The summed E-state index contributed by atoms with van der Waals surface area (Å²) in [6.45, 7) is -0.0314. The lowest BCUT2D eigenvalue weighted by atomic mass is 10.1. The second kappa shape index (κ2) is 5.87. The predicted octanol–water partition coefficient (Wildman–Crippen LogP) is 3.98. The summed E-state index contributed by atoms with van der Waals surface area (Å²) >= 11 is 0. The molecule has 0 aliphatic rings. The van der Waals surface area contributed by atoms with Gasteiger partial charge in [0.05, 0.1) is 11.1 Å². The summed E-state index contributed by atoms with van der Waals surface area (Å²) in [5, 5.41) is 8.77. The first-order valence-electron chi connectivity index (χ1n) is 5.99. The van der Waals surface area contributed by atoms with Crippen LogP contribution in [0.15, 0.2) is 48.5 Å². The van der Waals surface area contributed by atoms with E-state index in [0.717, 1.165) is 12.1 Å². The first-order valence-corrected chi connectivity index (χ1v) is 5.99. The Morgan fingerprint density at radius 2 is 1.76 bits per heavy atom. The van der Waals surface area contributed by atoms with E-state index in [2.05, 4.69) is 0 Å². The lowest BCUT2D eigenvalue weighted by molar-refractivity contribution is -0.139. The number of carbonyl (C=O) groups is 1. The van der Waals surface area contributed by atoms with Gasteiger partial charge in [0.15, 0.2) is 0 Å². The highest BCUT2D eigenvalue weighted by molar-refractivity contribution is 5.88. The third kappa shape index (κ3) is 3.75. The highest BCUT2D eigenvalue weighted by Crippen LogP contribution is 2.37. The van der Waals surface area contributed by atoms with Gasteiger partial charge in [0.1, 0.15) is 12.4 Å². The van der Waals surface area contributed by atoms with Crippen LogP contribution in [0.4, 0.5) is 13.2 Å². The first-order chi connectivity index (χ1) is 9.88. The van der Waals surface area contributed by atoms with Crippen molar-refractivity contribution in [3.63, 3.8) is 0 Å². The van der Waals surface area contributed by atoms with E-state index in [1.165, 1.54) is 0 Å². The van der Waals surface area contributed by atoms with Crippen molar-refractivity contribution in [2.75, 3.05) is 0 Å². The maximum atomic E-state index is 12.9. The third-order valence-corrected chi connectivity index (χ3v) is 2.77. The van der Waals surface area contributed by atoms with Crippen LogP contribution in [-0.2, 0) is 12.8 Å². The summed E-state index contributed by atoms with van der Waals surface area (Å²) < 4.78 is 44.0. The van der Waals surface area contributed by atoms with Gasteiger partial charge in [-0.1, -0.05) is 30.3 Å². The molecule has 0 saturated carbocycles. The number of ether oxygens (including phenoxy) is 1. The zero-order valence-electron chi connectivity index (χ0n) is 10.7. The fraction of sp³-hybridized carbons (Fsp3) is 0.133. The summed E-state index contributed by atoms with van der Waals surface area (Å²) in [7, 11) is 0. The minimum absolute atomic E-state index is 0.0314. The van der Waals surface area contributed by atoms with Crippen LogP contribution in [0.3, 0.4) is 0 Å². The molecule has 2 aromatic rings. The van der Waals surface area contributed by atoms with Crippen molar-refractivity contribution >= 4 is 5.97 Å². The average Bonchev–Trinajstić information content (AvgIpc) is 2.45. The van der Waals surface area contributed by atoms with E-state index >= 15 is 0 Å². The van der Waals surface area contributed by atoms with Crippen molar-refractivity contribution in [2.24, 2.45) is 0 Å². The van der Waals surface area contributed by atoms with Crippen molar-refractivity contribution in [1.29, 1.82) is 0 Å². The molecular formula is C15H11F3O3. The van der Waals surface area contributed by atoms with Crippen LogP contribution in [-0.4, -0.2) is 11.1 Å². The molecule has 2 rings (SSSR count). The molecule has 0 bridgehead atoms. The Balaban J connectivity index is 2.28. The van der Waals surface area contributed by atoms with Crippen LogP contribution in [0.25, 0.3) is 0 Å². The van der Waals surface area contributed by atoms with E-state index in [4.69, 9.17) is 9.84 Å². The SMILES string of the molecule is O=C(O)c1ccc(OCc2ccccc2)c(C(F)(F)F)c1. The topological polar surface area (TPSA) is 46.5 Å². The Kier molecular flexibility index (Phi) is 4.16. The molecule has 0 saturated heterocycles. The Labute approximate surface area is 118 Å². The fourth-order valence-corrected chi connectivity index (χ4v) is 1.75. The van der Waals surface area contributed by atoms with Gasteiger partial charge in [-0.25, -0.2) is 4.79 Å². The molecule has 110 valence electrons. The lowest BCUT2D eigenvalue weighted by Crippen LogP contribution is -2.11. The van der Waals surface area contributed by atoms with E-state index in [9.17, 15) is 18.0 Å². The van der Waals surface area contributed by atoms with Gasteiger partial charge in [-0.05, 0) is 23.8 Å². The first kappa shape index (κ1) is 14.9. The highest BCUT2D eigenvalue weighted by Gasteiger charge is 2.35. The van der Waals surface area contributed by atoms with Gasteiger partial charge in [0, 0.05) is 0 Å². The zero-order valence-corrected chi connectivity index (χ0v) is 10.7. The van der Waals surface area contributed by atoms with Crippen LogP contribution in [0.2, 0.25) is 0 Å². The van der Waals surface area contributed by atoms with Crippen molar-refractivity contribution in [3.05, 3.63) is 65.2 Å². The van der Waals surface area contributed by atoms with Gasteiger partial charge < -0.3 is 9.84 Å². The molecule has 21 heavy (non-hydrogen) atoms. The Morgan fingerprint density at radius 3 is 2.33 bits per heavy atom. The molecule has 0 amide bonds. The molecule has 3 nitrogen and oxygen atoms in total. The number of aromatic carboxylic acids is 1. The molecule has 0 radical (unpaired) electrons. The number of hydrogen-bond acceptors (Lipinski definition) is 2. The van der Waals surface area contributed by atoms with Gasteiger partial charge in [0.25, 0.3) is 0 Å². The van der Waals surface area contributed by atoms with Crippen molar-refractivity contribution in [2.45, 2.75) is 12.8 Å². The number of benzene rings is 2. The summed E-state index contributed by atoms with van der Waals surface area (Å²) in [4.78, 5) is 10.8.